The summed E-state index contributed by atoms with van der Waals surface area (Å²) in [6.07, 6.45) is 4.12. The van der Waals surface area contributed by atoms with Crippen molar-refractivity contribution in [2.24, 2.45) is 11.8 Å². The van der Waals surface area contributed by atoms with E-state index in [1.807, 2.05) is 6.07 Å². The number of rotatable bonds is 3. The molecule has 1 aliphatic heterocycles. The van der Waals surface area contributed by atoms with E-state index in [2.05, 4.69) is 5.32 Å². The van der Waals surface area contributed by atoms with E-state index in [0.29, 0.717) is 25.1 Å². The number of hydrogen-bond acceptors (Lipinski definition) is 4. The maximum atomic E-state index is 12.6. The lowest BCUT2D eigenvalue weighted by molar-refractivity contribution is -0.147. The smallest absolute Gasteiger partial charge is 0.414 e. The molecule has 7 heteroatoms. The highest BCUT2D eigenvalue weighted by Gasteiger charge is 2.35. The molecule has 0 spiro atoms. The molecule has 2 aliphatic rings. The summed E-state index contributed by atoms with van der Waals surface area (Å²) in [5, 5.41) is 12.2. The van der Waals surface area contributed by atoms with E-state index >= 15 is 0 Å². The fraction of sp³-hybridized carbons (Fsp3) is 0.526. The van der Waals surface area contributed by atoms with Crippen molar-refractivity contribution in [2.75, 3.05) is 23.9 Å². The lowest BCUT2D eigenvalue weighted by atomic mass is 9.78. The Balaban J connectivity index is 1.75. The number of amides is 2. The van der Waals surface area contributed by atoms with Gasteiger partial charge in [0.15, 0.2) is 0 Å². The van der Waals surface area contributed by atoms with Crippen LogP contribution >= 0.6 is 0 Å². The first-order valence-corrected chi connectivity index (χ1v) is 9.03. The zero-order valence-corrected chi connectivity index (χ0v) is 14.9. The first-order valence-electron chi connectivity index (χ1n) is 9.03. The molecule has 1 saturated carbocycles. The van der Waals surface area contributed by atoms with Gasteiger partial charge in [-0.3, -0.25) is 14.5 Å². The number of methoxy groups -OCH3 is 1. The van der Waals surface area contributed by atoms with Gasteiger partial charge in [-0.1, -0.05) is 12.8 Å². The number of anilines is 2. The molecule has 26 heavy (non-hydrogen) atoms. The van der Waals surface area contributed by atoms with Gasteiger partial charge in [0.1, 0.15) is 0 Å². The molecular weight excluding hydrogens is 336 g/mol. The minimum Gasteiger partial charge on any atom is -0.481 e. The van der Waals surface area contributed by atoms with Gasteiger partial charge in [0.25, 0.3) is 0 Å². The Kier molecular flexibility index (Phi) is 5.44. The van der Waals surface area contributed by atoms with Crippen molar-refractivity contribution >= 4 is 29.3 Å². The number of carboxylic acids is 1. The lowest BCUT2D eigenvalue weighted by Gasteiger charge is -2.29. The predicted octanol–water partition coefficient (Wildman–Crippen LogP) is 3.04. The summed E-state index contributed by atoms with van der Waals surface area (Å²) in [6, 6.07) is 5.41. The number of nitrogens with zero attached hydrogens (tertiary/aromatic N) is 1. The molecule has 0 aromatic heterocycles. The van der Waals surface area contributed by atoms with Gasteiger partial charge in [-0.15, -0.1) is 0 Å². The Hall–Kier alpha value is -2.57. The normalized spacial score (nSPS) is 22.3. The van der Waals surface area contributed by atoms with E-state index in [-0.39, 0.29) is 5.91 Å². The minimum absolute atomic E-state index is 0.238. The second-order valence-corrected chi connectivity index (χ2v) is 6.89. The highest BCUT2D eigenvalue weighted by Crippen LogP contribution is 2.33. The third-order valence-electron chi connectivity index (χ3n) is 5.28. The van der Waals surface area contributed by atoms with Gasteiger partial charge < -0.3 is 15.2 Å². The molecule has 1 heterocycles. The molecule has 7 nitrogen and oxygen atoms in total. The van der Waals surface area contributed by atoms with E-state index in [4.69, 9.17) is 4.74 Å². The van der Waals surface area contributed by atoms with E-state index in [1.165, 1.54) is 7.11 Å². The van der Waals surface area contributed by atoms with Crippen molar-refractivity contribution in [3.8, 4) is 0 Å². The molecule has 0 radical (unpaired) electrons. The van der Waals surface area contributed by atoms with Crippen molar-refractivity contribution in [3.63, 3.8) is 0 Å². The van der Waals surface area contributed by atoms with E-state index in [1.54, 1.807) is 17.0 Å². The van der Waals surface area contributed by atoms with Gasteiger partial charge in [-0.05, 0) is 49.4 Å². The summed E-state index contributed by atoms with van der Waals surface area (Å²) in [6.45, 7) is 0.605. The van der Waals surface area contributed by atoms with E-state index in [0.717, 1.165) is 36.9 Å². The van der Waals surface area contributed by atoms with Crippen LogP contribution in [0.4, 0.5) is 16.2 Å². The topological polar surface area (TPSA) is 95.9 Å². The second kappa shape index (κ2) is 7.76. The van der Waals surface area contributed by atoms with E-state index < -0.39 is 23.9 Å². The quantitative estimate of drug-likeness (QED) is 0.864. The molecule has 0 bridgehead atoms. The third-order valence-corrected chi connectivity index (χ3v) is 5.28. The Morgan fingerprint density at radius 1 is 1.15 bits per heavy atom. The first kappa shape index (κ1) is 18.2. The van der Waals surface area contributed by atoms with Gasteiger partial charge in [0.05, 0.1) is 24.6 Å². The van der Waals surface area contributed by atoms with Crippen LogP contribution in [-0.2, 0) is 20.7 Å². The van der Waals surface area contributed by atoms with Crippen LogP contribution in [0.3, 0.4) is 0 Å². The number of carboxylic acid groups (broad SMARTS) is 1. The first-order chi connectivity index (χ1) is 12.5. The Labute approximate surface area is 152 Å². The number of nitrogens with one attached hydrogen (secondary N) is 1. The number of carbonyl (C=O) groups excluding carboxylic acids is 2. The van der Waals surface area contributed by atoms with Crippen LogP contribution in [0.25, 0.3) is 0 Å². The van der Waals surface area contributed by atoms with Crippen LogP contribution in [-0.4, -0.2) is 36.7 Å². The Morgan fingerprint density at radius 3 is 2.58 bits per heavy atom. The summed E-state index contributed by atoms with van der Waals surface area (Å²) in [4.78, 5) is 37.5. The van der Waals surface area contributed by atoms with Crippen molar-refractivity contribution in [1.29, 1.82) is 0 Å². The molecule has 1 aliphatic carbocycles. The molecule has 2 N–H and O–H groups in total. The largest absolute Gasteiger partial charge is 0.481 e. The fourth-order valence-electron chi connectivity index (χ4n) is 3.95. The molecular formula is C19H24N2O5. The molecule has 1 aromatic carbocycles. The number of carbonyl (C=O) groups is 3. The number of benzene rings is 1. The summed E-state index contributed by atoms with van der Waals surface area (Å²) in [7, 11) is 1.36. The third kappa shape index (κ3) is 3.66. The van der Waals surface area contributed by atoms with Gasteiger partial charge >= 0.3 is 12.1 Å². The summed E-state index contributed by atoms with van der Waals surface area (Å²) < 4.78 is 4.82. The van der Waals surface area contributed by atoms with Crippen molar-refractivity contribution in [2.45, 2.75) is 38.5 Å². The van der Waals surface area contributed by atoms with Gasteiger partial charge in [-0.25, -0.2) is 4.79 Å². The maximum Gasteiger partial charge on any atom is 0.414 e. The molecule has 0 saturated heterocycles. The Bertz CT molecular complexity index is 718. The van der Waals surface area contributed by atoms with Crippen LogP contribution < -0.4 is 10.2 Å². The summed E-state index contributed by atoms with van der Waals surface area (Å²) in [5.74, 6) is -2.25. The monoisotopic (exact) mass is 360 g/mol. The van der Waals surface area contributed by atoms with Crippen molar-refractivity contribution in [1.82, 2.24) is 0 Å². The van der Waals surface area contributed by atoms with Crippen LogP contribution in [0.2, 0.25) is 0 Å². The van der Waals surface area contributed by atoms with Crippen LogP contribution in [0.15, 0.2) is 18.2 Å². The van der Waals surface area contributed by atoms with Crippen LogP contribution in [0, 0.1) is 11.8 Å². The minimum atomic E-state index is -0.899. The summed E-state index contributed by atoms with van der Waals surface area (Å²) >= 11 is 0. The summed E-state index contributed by atoms with van der Waals surface area (Å²) in [5.41, 5.74) is 2.40. The molecule has 2 amide bonds. The number of fused-ring (bicyclic) bond motifs is 1. The average molecular weight is 360 g/mol. The lowest BCUT2D eigenvalue weighted by Crippen LogP contribution is -2.36. The SMILES string of the molecule is COC(=O)N1CCCc2cc(NC(=O)[C@@H]3CCCC[C@H]3C(=O)O)ccc21. The van der Waals surface area contributed by atoms with Gasteiger partial charge in [0, 0.05) is 12.2 Å². The predicted molar refractivity (Wildman–Crippen MR) is 96.2 cm³/mol. The van der Waals surface area contributed by atoms with Gasteiger partial charge in [0.2, 0.25) is 5.91 Å². The molecule has 2 atom stereocenters. The van der Waals surface area contributed by atoms with Crippen LogP contribution in [0.5, 0.6) is 0 Å². The molecule has 140 valence electrons. The number of aliphatic carboxylic acids is 1. The number of ether oxygens (including phenoxy) is 1. The zero-order chi connectivity index (χ0) is 18.7. The van der Waals surface area contributed by atoms with Crippen molar-refractivity contribution in [3.05, 3.63) is 23.8 Å². The highest BCUT2D eigenvalue weighted by atomic mass is 16.5. The van der Waals surface area contributed by atoms with Crippen LogP contribution in [0.1, 0.15) is 37.7 Å². The highest BCUT2D eigenvalue weighted by molar-refractivity contribution is 5.96. The van der Waals surface area contributed by atoms with E-state index in [9.17, 15) is 19.5 Å². The fourth-order valence-corrected chi connectivity index (χ4v) is 3.95. The molecule has 3 rings (SSSR count). The zero-order valence-electron chi connectivity index (χ0n) is 14.9. The second-order valence-electron chi connectivity index (χ2n) is 6.89. The maximum absolute atomic E-state index is 12.6. The molecule has 0 unspecified atom stereocenters. The molecule has 1 fully saturated rings. The van der Waals surface area contributed by atoms with Gasteiger partial charge in [-0.2, -0.15) is 0 Å². The standard InChI is InChI=1S/C19H24N2O5/c1-26-19(25)21-10-4-5-12-11-13(8-9-16(12)21)20-17(22)14-6-2-3-7-15(14)18(23)24/h8-9,11,14-15H,2-7,10H2,1H3,(H,20,22)(H,23,24)/t14-,15-/m1/s1. The van der Waals surface area contributed by atoms with Crippen molar-refractivity contribution < 1.29 is 24.2 Å². The number of hydrogen-bond donors (Lipinski definition) is 2. The molecule has 1 aromatic rings. The Morgan fingerprint density at radius 2 is 1.88 bits per heavy atom. The average Bonchev–Trinajstić information content (AvgIpc) is 2.66. The number of aryl methyl sites for hydroxylation is 1.